The first-order valence-corrected chi connectivity index (χ1v) is 7.18. The standard InChI is InChI=1S/C15H12BrN3O2/c1-9-7-10(19-21-9)8-14(20)18-13-5-4-12(16)11-3-2-6-17-15(11)13/h2-7H,8H2,1H3,(H,18,20). The molecule has 5 nitrogen and oxygen atoms in total. The van der Waals surface area contributed by atoms with Crippen LogP contribution in [-0.2, 0) is 11.2 Å². The number of aromatic nitrogens is 2. The van der Waals surface area contributed by atoms with Gasteiger partial charge in [0.05, 0.1) is 23.3 Å². The van der Waals surface area contributed by atoms with Crippen molar-refractivity contribution in [2.24, 2.45) is 0 Å². The first-order chi connectivity index (χ1) is 10.1. The van der Waals surface area contributed by atoms with Crippen LogP contribution in [0.4, 0.5) is 5.69 Å². The highest BCUT2D eigenvalue weighted by atomic mass is 79.9. The molecule has 0 fully saturated rings. The summed E-state index contributed by atoms with van der Waals surface area (Å²) in [4.78, 5) is 16.4. The molecule has 21 heavy (non-hydrogen) atoms. The third-order valence-electron chi connectivity index (χ3n) is 3.01. The first kappa shape index (κ1) is 13.8. The van der Waals surface area contributed by atoms with E-state index in [1.54, 1.807) is 19.2 Å². The quantitative estimate of drug-likeness (QED) is 0.788. The third kappa shape index (κ3) is 2.95. The summed E-state index contributed by atoms with van der Waals surface area (Å²) < 4.78 is 5.89. The number of rotatable bonds is 3. The molecule has 2 aromatic heterocycles. The summed E-state index contributed by atoms with van der Waals surface area (Å²) in [6.45, 7) is 1.79. The summed E-state index contributed by atoms with van der Waals surface area (Å²) in [5.74, 6) is 0.533. The van der Waals surface area contributed by atoms with Crippen LogP contribution >= 0.6 is 15.9 Å². The average molecular weight is 346 g/mol. The van der Waals surface area contributed by atoms with Gasteiger partial charge in [0.15, 0.2) is 0 Å². The van der Waals surface area contributed by atoms with Crippen LogP contribution in [0.25, 0.3) is 10.9 Å². The van der Waals surface area contributed by atoms with E-state index in [2.05, 4.69) is 31.4 Å². The molecule has 1 N–H and O–H groups in total. The Morgan fingerprint density at radius 1 is 1.38 bits per heavy atom. The summed E-state index contributed by atoms with van der Waals surface area (Å²) in [6, 6.07) is 9.27. The summed E-state index contributed by atoms with van der Waals surface area (Å²) in [5, 5.41) is 7.63. The van der Waals surface area contributed by atoms with E-state index in [0.717, 1.165) is 15.4 Å². The molecule has 1 amide bonds. The maximum absolute atomic E-state index is 12.1. The minimum atomic E-state index is -0.155. The molecule has 2 heterocycles. The van der Waals surface area contributed by atoms with Crippen molar-refractivity contribution in [3.8, 4) is 0 Å². The Morgan fingerprint density at radius 2 is 2.24 bits per heavy atom. The SMILES string of the molecule is Cc1cc(CC(=O)Nc2ccc(Br)c3cccnc23)no1. The topological polar surface area (TPSA) is 68.0 Å². The van der Waals surface area contributed by atoms with Gasteiger partial charge < -0.3 is 9.84 Å². The predicted octanol–water partition coefficient (Wildman–Crippen LogP) is 3.47. The molecule has 106 valence electrons. The second kappa shape index (κ2) is 5.65. The maximum atomic E-state index is 12.1. The zero-order valence-corrected chi connectivity index (χ0v) is 12.8. The number of carbonyl (C=O) groups is 1. The average Bonchev–Trinajstić information content (AvgIpc) is 2.87. The molecule has 0 radical (unpaired) electrons. The number of anilines is 1. The van der Waals surface area contributed by atoms with E-state index in [1.165, 1.54) is 0 Å². The van der Waals surface area contributed by atoms with Crippen LogP contribution in [0, 0.1) is 6.92 Å². The fourth-order valence-corrected chi connectivity index (χ4v) is 2.55. The molecule has 0 saturated heterocycles. The molecular formula is C15H12BrN3O2. The van der Waals surface area contributed by atoms with E-state index < -0.39 is 0 Å². The number of fused-ring (bicyclic) bond motifs is 1. The van der Waals surface area contributed by atoms with Crippen LogP contribution in [0.5, 0.6) is 0 Å². The summed E-state index contributed by atoms with van der Waals surface area (Å²) in [6.07, 6.45) is 1.87. The number of hydrogen-bond donors (Lipinski definition) is 1. The van der Waals surface area contributed by atoms with Crippen LogP contribution in [0.1, 0.15) is 11.5 Å². The number of hydrogen-bond acceptors (Lipinski definition) is 4. The van der Waals surface area contributed by atoms with E-state index in [0.29, 0.717) is 17.1 Å². The summed E-state index contributed by atoms with van der Waals surface area (Å²) in [5.41, 5.74) is 2.04. The van der Waals surface area contributed by atoms with E-state index in [-0.39, 0.29) is 12.3 Å². The molecule has 0 aliphatic heterocycles. The lowest BCUT2D eigenvalue weighted by Gasteiger charge is -2.08. The fourth-order valence-electron chi connectivity index (χ4n) is 2.10. The van der Waals surface area contributed by atoms with Gasteiger partial charge in [0.1, 0.15) is 5.76 Å². The normalized spacial score (nSPS) is 10.8. The number of halogens is 1. The molecular weight excluding hydrogens is 334 g/mol. The van der Waals surface area contributed by atoms with Gasteiger partial charge in [0.2, 0.25) is 5.91 Å². The molecule has 0 saturated carbocycles. The lowest BCUT2D eigenvalue weighted by atomic mass is 10.2. The Labute approximate surface area is 129 Å². The van der Waals surface area contributed by atoms with Crippen molar-refractivity contribution < 1.29 is 9.32 Å². The van der Waals surface area contributed by atoms with Gasteiger partial charge in [-0.1, -0.05) is 27.2 Å². The minimum Gasteiger partial charge on any atom is -0.361 e. The first-order valence-electron chi connectivity index (χ1n) is 6.39. The van der Waals surface area contributed by atoms with Gasteiger partial charge in [-0.15, -0.1) is 0 Å². The molecule has 0 aliphatic rings. The van der Waals surface area contributed by atoms with E-state index in [9.17, 15) is 4.79 Å². The van der Waals surface area contributed by atoms with E-state index in [1.807, 2.05) is 24.3 Å². The lowest BCUT2D eigenvalue weighted by Crippen LogP contribution is -2.15. The molecule has 3 aromatic rings. The van der Waals surface area contributed by atoms with E-state index >= 15 is 0 Å². The second-order valence-corrected chi connectivity index (χ2v) is 5.50. The predicted molar refractivity (Wildman–Crippen MR) is 83.0 cm³/mol. The number of benzene rings is 1. The molecule has 0 spiro atoms. The highest BCUT2D eigenvalue weighted by Gasteiger charge is 2.11. The molecule has 0 unspecified atom stereocenters. The zero-order chi connectivity index (χ0) is 14.8. The van der Waals surface area contributed by atoms with Crippen molar-refractivity contribution in [2.45, 2.75) is 13.3 Å². The van der Waals surface area contributed by atoms with Crippen LogP contribution in [0.3, 0.4) is 0 Å². The van der Waals surface area contributed by atoms with Crippen molar-refractivity contribution in [1.82, 2.24) is 10.1 Å². The highest BCUT2D eigenvalue weighted by Crippen LogP contribution is 2.28. The minimum absolute atomic E-state index is 0.155. The van der Waals surface area contributed by atoms with Crippen LogP contribution in [0.15, 0.2) is 45.5 Å². The van der Waals surface area contributed by atoms with Crippen molar-refractivity contribution in [1.29, 1.82) is 0 Å². The highest BCUT2D eigenvalue weighted by molar-refractivity contribution is 9.10. The zero-order valence-electron chi connectivity index (χ0n) is 11.3. The van der Waals surface area contributed by atoms with Gasteiger partial charge in [-0.25, -0.2) is 0 Å². The number of nitrogens with zero attached hydrogens (tertiary/aromatic N) is 2. The van der Waals surface area contributed by atoms with Crippen LogP contribution in [-0.4, -0.2) is 16.0 Å². The largest absolute Gasteiger partial charge is 0.361 e. The summed E-state index contributed by atoms with van der Waals surface area (Å²) >= 11 is 3.48. The molecule has 6 heteroatoms. The number of amides is 1. The smallest absolute Gasteiger partial charge is 0.230 e. The monoisotopic (exact) mass is 345 g/mol. The van der Waals surface area contributed by atoms with Gasteiger partial charge in [0, 0.05) is 22.1 Å². The third-order valence-corrected chi connectivity index (χ3v) is 3.70. The van der Waals surface area contributed by atoms with Crippen molar-refractivity contribution >= 4 is 38.4 Å². The number of nitrogens with one attached hydrogen (secondary N) is 1. The Kier molecular flexibility index (Phi) is 3.70. The molecule has 1 aromatic carbocycles. The Hall–Kier alpha value is -2.21. The van der Waals surface area contributed by atoms with Gasteiger partial charge in [-0.2, -0.15) is 0 Å². The Bertz CT molecular complexity index is 814. The number of pyridine rings is 1. The van der Waals surface area contributed by atoms with Gasteiger partial charge in [-0.3, -0.25) is 9.78 Å². The van der Waals surface area contributed by atoms with Gasteiger partial charge in [-0.05, 0) is 25.1 Å². The molecule has 0 aliphatic carbocycles. The van der Waals surface area contributed by atoms with Crippen LogP contribution in [0.2, 0.25) is 0 Å². The van der Waals surface area contributed by atoms with Crippen molar-refractivity contribution in [2.75, 3.05) is 5.32 Å². The second-order valence-electron chi connectivity index (χ2n) is 4.65. The van der Waals surface area contributed by atoms with Gasteiger partial charge >= 0.3 is 0 Å². The van der Waals surface area contributed by atoms with Gasteiger partial charge in [0.25, 0.3) is 0 Å². The molecule has 0 atom stereocenters. The fraction of sp³-hybridized carbons (Fsp3) is 0.133. The summed E-state index contributed by atoms with van der Waals surface area (Å²) in [7, 11) is 0. The lowest BCUT2D eigenvalue weighted by molar-refractivity contribution is -0.115. The van der Waals surface area contributed by atoms with Crippen molar-refractivity contribution in [3.05, 3.63) is 52.5 Å². The van der Waals surface area contributed by atoms with E-state index in [4.69, 9.17) is 4.52 Å². The number of carbonyl (C=O) groups excluding carboxylic acids is 1. The van der Waals surface area contributed by atoms with Crippen LogP contribution < -0.4 is 5.32 Å². The van der Waals surface area contributed by atoms with Crippen molar-refractivity contribution in [3.63, 3.8) is 0 Å². The molecule has 0 bridgehead atoms. The number of aryl methyl sites for hydroxylation is 1. The Morgan fingerprint density at radius 3 is 3.00 bits per heavy atom. The maximum Gasteiger partial charge on any atom is 0.230 e. The molecule has 3 rings (SSSR count). The Balaban J connectivity index is 1.85.